The Bertz CT molecular complexity index is 453. The molecule has 0 unspecified atom stereocenters. The molecule has 3 aliphatic heterocycles. The molecule has 1 aromatic heterocycles. The van der Waals surface area contributed by atoms with Crippen molar-refractivity contribution in [3.8, 4) is 0 Å². The summed E-state index contributed by atoms with van der Waals surface area (Å²) in [5.41, 5.74) is 1.39. The van der Waals surface area contributed by atoms with Gasteiger partial charge >= 0.3 is 5.97 Å². The lowest BCUT2D eigenvalue weighted by atomic mass is 9.84. The monoisotopic (exact) mass is 219 g/mol. The van der Waals surface area contributed by atoms with E-state index in [4.69, 9.17) is 9.52 Å². The molecule has 1 saturated heterocycles. The summed E-state index contributed by atoms with van der Waals surface area (Å²) in [6.45, 7) is 2.22. The smallest absolute Gasteiger partial charge is 0.338 e. The molecule has 4 heterocycles. The first-order chi connectivity index (χ1) is 7.74. The third-order valence-electron chi connectivity index (χ3n) is 3.42. The third-order valence-corrected chi connectivity index (χ3v) is 3.42. The molecule has 4 heteroatoms. The topological polar surface area (TPSA) is 53.7 Å². The summed E-state index contributed by atoms with van der Waals surface area (Å²) in [4.78, 5) is 13.0. The fraction of sp³-hybridized carbons (Fsp3) is 0.417. The van der Waals surface area contributed by atoms with E-state index >= 15 is 0 Å². The SMILES string of the molecule is O=C(O)c1coc(C2=CN3CCC2CC3)c1. The van der Waals surface area contributed by atoms with Gasteiger partial charge in [-0.2, -0.15) is 0 Å². The van der Waals surface area contributed by atoms with E-state index in [2.05, 4.69) is 11.1 Å². The van der Waals surface area contributed by atoms with Crippen LogP contribution in [0.3, 0.4) is 0 Å². The number of piperidine rings is 1. The minimum atomic E-state index is -0.933. The summed E-state index contributed by atoms with van der Waals surface area (Å²) in [7, 11) is 0. The molecule has 0 radical (unpaired) electrons. The second-order valence-electron chi connectivity index (χ2n) is 4.40. The summed E-state index contributed by atoms with van der Waals surface area (Å²) in [5, 5.41) is 8.84. The van der Waals surface area contributed by atoms with E-state index < -0.39 is 5.97 Å². The predicted molar refractivity (Wildman–Crippen MR) is 57.9 cm³/mol. The second kappa shape index (κ2) is 3.40. The third kappa shape index (κ3) is 1.41. The molecule has 1 fully saturated rings. The summed E-state index contributed by atoms with van der Waals surface area (Å²) < 4.78 is 5.34. The van der Waals surface area contributed by atoms with Crippen LogP contribution < -0.4 is 0 Å². The standard InChI is InChI=1S/C12H13NO3/c14-12(15)9-5-11(16-7-9)10-6-13-3-1-8(10)2-4-13/h5-8H,1-4H2,(H,14,15). The van der Waals surface area contributed by atoms with E-state index in [1.165, 1.54) is 6.26 Å². The molecule has 0 aliphatic carbocycles. The Balaban J connectivity index is 1.94. The number of nitrogens with zero attached hydrogens (tertiary/aromatic N) is 1. The predicted octanol–water partition coefficient (Wildman–Crippen LogP) is 2.04. The van der Waals surface area contributed by atoms with Crippen molar-refractivity contribution in [2.24, 2.45) is 5.92 Å². The number of furan rings is 1. The molecule has 4 rings (SSSR count). The molecule has 16 heavy (non-hydrogen) atoms. The van der Waals surface area contributed by atoms with Crippen molar-refractivity contribution in [3.05, 3.63) is 29.9 Å². The van der Waals surface area contributed by atoms with Crippen LogP contribution in [0.5, 0.6) is 0 Å². The van der Waals surface area contributed by atoms with Crippen LogP contribution in [0.1, 0.15) is 29.0 Å². The van der Waals surface area contributed by atoms with Gasteiger partial charge in [0.2, 0.25) is 0 Å². The van der Waals surface area contributed by atoms with E-state index in [0.717, 1.165) is 31.5 Å². The molecule has 0 spiro atoms. The van der Waals surface area contributed by atoms with Gasteiger partial charge in [0.1, 0.15) is 12.0 Å². The fourth-order valence-corrected chi connectivity index (χ4v) is 2.51. The molecule has 0 atom stereocenters. The van der Waals surface area contributed by atoms with Gasteiger partial charge in [-0.05, 0) is 24.8 Å². The average Bonchev–Trinajstić information content (AvgIpc) is 2.80. The molecule has 0 saturated carbocycles. The number of carboxylic acid groups (broad SMARTS) is 1. The minimum Gasteiger partial charge on any atom is -0.478 e. The fourth-order valence-electron chi connectivity index (χ4n) is 2.51. The van der Waals surface area contributed by atoms with Gasteiger partial charge in [0, 0.05) is 24.9 Å². The van der Waals surface area contributed by atoms with Crippen LogP contribution >= 0.6 is 0 Å². The highest BCUT2D eigenvalue weighted by Gasteiger charge is 2.29. The summed E-state index contributed by atoms with van der Waals surface area (Å²) in [5.74, 6) is 0.321. The van der Waals surface area contributed by atoms with Gasteiger partial charge in [-0.25, -0.2) is 4.79 Å². The summed E-state index contributed by atoms with van der Waals surface area (Å²) in [6, 6.07) is 1.62. The highest BCUT2D eigenvalue weighted by Crippen LogP contribution is 2.37. The molecular formula is C12H13NO3. The molecule has 2 bridgehead atoms. The molecule has 1 N–H and O–H groups in total. The van der Waals surface area contributed by atoms with Crippen molar-refractivity contribution in [2.75, 3.05) is 13.1 Å². The van der Waals surface area contributed by atoms with Crippen molar-refractivity contribution in [1.29, 1.82) is 0 Å². The quantitative estimate of drug-likeness (QED) is 0.827. The van der Waals surface area contributed by atoms with Crippen LogP contribution in [0, 0.1) is 5.92 Å². The largest absolute Gasteiger partial charge is 0.478 e. The Kier molecular flexibility index (Phi) is 2.02. The van der Waals surface area contributed by atoms with Crippen molar-refractivity contribution in [2.45, 2.75) is 12.8 Å². The average molecular weight is 219 g/mol. The highest BCUT2D eigenvalue weighted by atomic mass is 16.4. The minimum absolute atomic E-state index is 0.229. The molecular weight excluding hydrogens is 206 g/mol. The Morgan fingerprint density at radius 2 is 2.19 bits per heavy atom. The van der Waals surface area contributed by atoms with E-state index in [-0.39, 0.29) is 5.56 Å². The van der Waals surface area contributed by atoms with Crippen LogP contribution in [-0.2, 0) is 0 Å². The van der Waals surface area contributed by atoms with E-state index in [9.17, 15) is 4.79 Å². The van der Waals surface area contributed by atoms with Gasteiger partial charge in [0.25, 0.3) is 0 Å². The molecule has 84 valence electrons. The molecule has 4 nitrogen and oxygen atoms in total. The molecule has 0 amide bonds. The van der Waals surface area contributed by atoms with Crippen molar-refractivity contribution >= 4 is 11.5 Å². The Morgan fingerprint density at radius 1 is 1.44 bits per heavy atom. The number of aromatic carboxylic acids is 1. The Morgan fingerprint density at radius 3 is 2.69 bits per heavy atom. The zero-order valence-corrected chi connectivity index (χ0v) is 8.85. The number of rotatable bonds is 2. The maximum atomic E-state index is 10.8. The molecule has 3 aliphatic rings. The van der Waals surface area contributed by atoms with Gasteiger partial charge < -0.3 is 14.4 Å². The van der Waals surface area contributed by atoms with Gasteiger partial charge in [-0.15, -0.1) is 0 Å². The first-order valence-electron chi connectivity index (χ1n) is 5.52. The number of allylic oxidation sites excluding steroid dienone is 1. The van der Waals surface area contributed by atoms with E-state index in [1.54, 1.807) is 6.07 Å². The van der Waals surface area contributed by atoms with Crippen LogP contribution in [-0.4, -0.2) is 29.1 Å². The zero-order chi connectivity index (χ0) is 11.1. The highest BCUT2D eigenvalue weighted by molar-refractivity contribution is 5.88. The normalized spacial score (nSPS) is 20.0. The Labute approximate surface area is 93.2 Å². The number of carbonyl (C=O) groups is 1. The van der Waals surface area contributed by atoms with Gasteiger partial charge in [-0.1, -0.05) is 0 Å². The van der Waals surface area contributed by atoms with Crippen LogP contribution in [0.4, 0.5) is 0 Å². The first kappa shape index (κ1) is 9.51. The van der Waals surface area contributed by atoms with Crippen molar-refractivity contribution in [3.63, 3.8) is 0 Å². The lowest BCUT2D eigenvalue weighted by molar-refractivity contribution is 0.0696. The summed E-state index contributed by atoms with van der Waals surface area (Å²) in [6.07, 6.45) is 5.72. The number of hydrogen-bond acceptors (Lipinski definition) is 3. The summed E-state index contributed by atoms with van der Waals surface area (Å²) >= 11 is 0. The number of carboxylic acids is 1. The maximum Gasteiger partial charge on any atom is 0.338 e. The molecule has 1 aromatic rings. The van der Waals surface area contributed by atoms with Gasteiger partial charge in [0.15, 0.2) is 0 Å². The van der Waals surface area contributed by atoms with E-state index in [0.29, 0.717) is 11.7 Å². The lowest BCUT2D eigenvalue weighted by Gasteiger charge is -2.38. The van der Waals surface area contributed by atoms with Crippen molar-refractivity contribution < 1.29 is 14.3 Å². The number of hydrogen-bond donors (Lipinski definition) is 1. The van der Waals surface area contributed by atoms with Crippen LogP contribution in [0.2, 0.25) is 0 Å². The first-order valence-corrected chi connectivity index (χ1v) is 5.52. The zero-order valence-electron chi connectivity index (χ0n) is 8.85. The molecule has 0 aromatic carbocycles. The number of fused-ring (bicyclic) bond motifs is 2. The van der Waals surface area contributed by atoms with Crippen molar-refractivity contribution in [1.82, 2.24) is 4.90 Å². The Hall–Kier alpha value is -1.71. The van der Waals surface area contributed by atoms with E-state index in [1.807, 2.05) is 0 Å². The lowest BCUT2D eigenvalue weighted by Crippen LogP contribution is -2.35. The second-order valence-corrected chi connectivity index (χ2v) is 4.40. The maximum absolute atomic E-state index is 10.8. The van der Waals surface area contributed by atoms with Gasteiger partial charge in [0.05, 0.1) is 5.56 Å². The van der Waals surface area contributed by atoms with Crippen LogP contribution in [0.25, 0.3) is 5.57 Å². The van der Waals surface area contributed by atoms with Crippen LogP contribution in [0.15, 0.2) is 22.9 Å². The van der Waals surface area contributed by atoms with Gasteiger partial charge in [-0.3, -0.25) is 0 Å².